The van der Waals surface area contributed by atoms with Crippen LogP contribution in [0.3, 0.4) is 0 Å². The lowest BCUT2D eigenvalue weighted by Crippen LogP contribution is -2.54. The highest BCUT2D eigenvalue weighted by Gasteiger charge is 2.55. The largest absolute Gasteiger partial charge is 0.417 e. The first-order valence-corrected chi connectivity index (χ1v) is 7.66. The van der Waals surface area contributed by atoms with Gasteiger partial charge in [0.25, 0.3) is 0 Å². The third-order valence-electron chi connectivity index (χ3n) is 3.82. The fraction of sp³-hybridized carbons (Fsp3) is 0.615. The van der Waals surface area contributed by atoms with E-state index in [1.54, 1.807) is 19.1 Å². The van der Waals surface area contributed by atoms with E-state index >= 15 is 0 Å². The molecule has 2 rings (SSSR count). The van der Waals surface area contributed by atoms with Gasteiger partial charge in [-0.1, -0.05) is 11.6 Å². The standard InChI is InChI=1S/C13H15ClF3NO2S/c1-8(9-2-3-10(14)21-9)11(19)18-6-4-12(20,5-7-18)13(15,16)17/h2-3,8,20H,4-7H2,1H3. The summed E-state index contributed by atoms with van der Waals surface area (Å²) in [6, 6.07) is 3.43. The van der Waals surface area contributed by atoms with Gasteiger partial charge in [0.1, 0.15) is 0 Å². The number of carbonyl (C=O) groups excluding carboxylic acids is 1. The van der Waals surface area contributed by atoms with Gasteiger partial charge in [-0.15, -0.1) is 11.3 Å². The summed E-state index contributed by atoms with van der Waals surface area (Å²) in [4.78, 5) is 14.4. The van der Waals surface area contributed by atoms with Gasteiger partial charge < -0.3 is 10.0 Å². The number of carbonyl (C=O) groups is 1. The molecule has 1 aromatic rings. The van der Waals surface area contributed by atoms with E-state index in [9.17, 15) is 23.1 Å². The molecule has 1 saturated heterocycles. The van der Waals surface area contributed by atoms with Crippen LogP contribution in [0.5, 0.6) is 0 Å². The first-order valence-electron chi connectivity index (χ1n) is 6.47. The van der Waals surface area contributed by atoms with Gasteiger partial charge in [-0.3, -0.25) is 4.79 Å². The molecule has 2 heterocycles. The SMILES string of the molecule is CC(C(=O)N1CCC(O)(C(F)(F)F)CC1)c1ccc(Cl)s1. The fourth-order valence-electron chi connectivity index (χ4n) is 2.34. The summed E-state index contributed by atoms with van der Waals surface area (Å²) in [5, 5.41) is 9.59. The highest BCUT2D eigenvalue weighted by Crippen LogP contribution is 2.39. The van der Waals surface area contributed by atoms with Gasteiger partial charge in [0.15, 0.2) is 5.60 Å². The lowest BCUT2D eigenvalue weighted by molar-refractivity contribution is -0.272. The Morgan fingerprint density at radius 3 is 2.43 bits per heavy atom. The van der Waals surface area contributed by atoms with Crippen molar-refractivity contribution in [2.24, 2.45) is 0 Å². The minimum atomic E-state index is -4.66. The molecule has 0 aliphatic carbocycles. The van der Waals surface area contributed by atoms with Crippen molar-refractivity contribution in [1.82, 2.24) is 4.90 Å². The Morgan fingerprint density at radius 2 is 2.00 bits per heavy atom. The molecule has 0 bridgehead atoms. The maximum atomic E-state index is 12.7. The highest BCUT2D eigenvalue weighted by atomic mass is 35.5. The summed E-state index contributed by atoms with van der Waals surface area (Å²) in [6.45, 7) is 1.51. The predicted octanol–water partition coefficient (Wildman–Crippen LogP) is 3.42. The third-order valence-corrected chi connectivity index (χ3v) is 5.23. The van der Waals surface area contributed by atoms with Crippen LogP contribution in [-0.4, -0.2) is 40.8 Å². The Balaban J connectivity index is 2.00. The molecule has 1 aliphatic heterocycles. The summed E-state index contributed by atoms with van der Waals surface area (Å²) in [7, 11) is 0. The average molecular weight is 342 g/mol. The first kappa shape index (κ1) is 16.6. The van der Waals surface area contributed by atoms with Gasteiger partial charge in [0, 0.05) is 30.8 Å². The summed E-state index contributed by atoms with van der Waals surface area (Å²) < 4.78 is 38.7. The van der Waals surface area contributed by atoms with Crippen molar-refractivity contribution in [1.29, 1.82) is 0 Å². The Bertz CT molecular complexity index is 524. The molecule has 1 unspecified atom stereocenters. The van der Waals surface area contributed by atoms with Crippen LogP contribution in [0.2, 0.25) is 4.34 Å². The monoisotopic (exact) mass is 341 g/mol. The third kappa shape index (κ3) is 3.35. The van der Waals surface area contributed by atoms with E-state index in [0.717, 1.165) is 4.88 Å². The normalized spacial score (nSPS) is 20.4. The number of alkyl halides is 3. The highest BCUT2D eigenvalue weighted by molar-refractivity contribution is 7.16. The zero-order chi connectivity index (χ0) is 15.8. The number of rotatable bonds is 2. The number of halogens is 4. The summed E-state index contributed by atoms with van der Waals surface area (Å²) in [5.74, 6) is -0.683. The van der Waals surface area contributed by atoms with Crippen LogP contribution >= 0.6 is 22.9 Å². The van der Waals surface area contributed by atoms with Crippen LogP contribution in [0.1, 0.15) is 30.6 Å². The average Bonchev–Trinajstić information content (AvgIpc) is 2.83. The number of piperidine rings is 1. The minimum absolute atomic E-state index is 0.0989. The van der Waals surface area contributed by atoms with E-state index in [1.807, 2.05) is 0 Å². The number of nitrogens with zero attached hydrogens (tertiary/aromatic N) is 1. The summed E-state index contributed by atoms with van der Waals surface area (Å²) >= 11 is 7.10. The number of aliphatic hydroxyl groups is 1. The van der Waals surface area contributed by atoms with Crippen molar-refractivity contribution in [2.75, 3.05) is 13.1 Å². The van der Waals surface area contributed by atoms with Crippen molar-refractivity contribution < 1.29 is 23.1 Å². The number of amides is 1. The molecule has 21 heavy (non-hydrogen) atoms. The van der Waals surface area contributed by atoms with Crippen molar-refractivity contribution in [3.05, 3.63) is 21.3 Å². The van der Waals surface area contributed by atoms with Crippen LogP contribution in [0, 0.1) is 0 Å². The molecule has 8 heteroatoms. The molecule has 1 N–H and O–H groups in total. The summed E-state index contributed by atoms with van der Waals surface area (Å²) in [6.07, 6.45) is -5.63. The second kappa shape index (κ2) is 5.78. The maximum absolute atomic E-state index is 12.7. The van der Waals surface area contributed by atoms with Crippen molar-refractivity contribution in [2.45, 2.75) is 37.5 Å². The Labute approximate surface area is 129 Å². The van der Waals surface area contributed by atoms with E-state index in [2.05, 4.69) is 0 Å². The van der Waals surface area contributed by atoms with E-state index in [-0.39, 0.29) is 19.0 Å². The Morgan fingerprint density at radius 1 is 1.43 bits per heavy atom. The van der Waals surface area contributed by atoms with Gasteiger partial charge in [0.2, 0.25) is 5.91 Å². The van der Waals surface area contributed by atoms with Gasteiger partial charge in [-0.05, 0) is 19.1 Å². The zero-order valence-corrected chi connectivity index (χ0v) is 12.9. The number of thiophene rings is 1. The van der Waals surface area contributed by atoms with Crippen LogP contribution in [-0.2, 0) is 4.79 Å². The van der Waals surface area contributed by atoms with Crippen molar-refractivity contribution in [3.8, 4) is 0 Å². The second-order valence-corrected chi connectivity index (χ2v) is 6.96. The molecule has 1 atom stereocenters. The van der Waals surface area contributed by atoms with E-state index in [0.29, 0.717) is 4.34 Å². The molecule has 3 nitrogen and oxygen atoms in total. The van der Waals surface area contributed by atoms with Crippen LogP contribution in [0.25, 0.3) is 0 Å². The molecule has 1 aromatic heterocycles. The molecule has 1 aliphatic rings. The van der Waals surface area contributed by atoms with E-state index in [4.69, 9.17) is 11.6 Å². The van der Waals surface area contributed by atoms with Gasteiger partial charge >= 0.3 is 6.18 Å². The van der Waals surface area contributed by atoms with Crippen LogP contribution in [0.4, 0.5) is 13.2 Å². The van der Waals surface area contributed by atoms with Gasteiger partial charge in [0.05, 0.1) is 10.3 Å². The molecule has 1 amide bonds. The molecular formula is C13H15ClF3NO2S. The molecule has 0 saturated carbocycles. The molecule has 0 radical (unpaired) electrons. The lowest BCUT2D eigenvalue weighted by Gasteiger charge is -2.39. The van der Waals surface area contributed by atoms with Gasteiger partial charge in [-0.2, -0.15) is 13.2 Å². The molecule has 1 fully saturated rings. The first-order chi connectivity index (χ1) is 9.64. The van der Waals surface area contributed by atoms with Crippen LogP contribution < -0.4 is 0 Å². The fourth-order valence-corrected chi connectivity index (χ4v) is 3.44. The second-order valence-electron chi connectivity index (χ2n) is 5.22. The zero-order valence-electron chi connectivity index (χ0n) is 11.3. The van der Waals surface area contributed by atoms with E-state index < -0.39 is 30.5 Å². The summed E-state index contributed by atoms with van der Waals surface area (Å²) in [5.41, 5.74) is -2.68. The quantitative estimate of drug-likeness (QED) is 0.895. The predicted molar refractivity (Wildman–Crippen MR) is 74.6 cm³/mol. The lowest BCUT2D eigenvalue weighted by atomic mass is 9.90. The number of hydrogen-bond donors (Lipinski definition) is 1. The van der Waals surface area contributed by atoms with Gasteiger partial charge in [-0.25, -0.2) is 0 Å². The molecule has 0 spiro atoms. The Kier molecular flexibility index (Phi) is 4.56. The van der Waals surface area contributed by atoms with Crippen LogP contribution in [0.15, 0.2) is 12.1 Å². The number of likely N-dealkylation sites (tertiary alicyclic amines) is 1. The van der Waals surface area contributed by atoms with E-state index in [1.165, 1.54) is 16.2 Å². The van der Waals surface area contributed by atoms with Crippen molar-refractivity contribution >= 4 is 28.8 Å². The Hall–Kier alpha value is -0.790. The molecular weight excluding hydrogens is 327 g/mol. The van der Waals surface area contributed by atoms with Crippen molar-refractivity contribution in [3.63, 3.8) is 0 Å². The minimum Gasteiger partial charge on any atom is -0.380 e. The topological polar surface area (TPSA) is 40.5 Å². The smallest absolute Gasteiger partial charge is 0.380 e. The maximum Gasteiger partial charge on any atom is 0.417 e. The number of hydrogen-bond acceptors (Lipinski definition) is 3. The molecule has 0 aromatic carbocycles. The molecule has 118 valence electrons.